The highest BCUT2D eigenvalue weighted by Crippen LogP contribution is 2.39. The number of alkyl halides is 3. The predicted octanol–water partition coefficient (Wildman–Crippen LogP) is 5.09. The van der Waals surface area contributed by atoms with Gasteiger partial charge in [-0.2, -0.15) is 18.3 Å². The van der Waals surface area contributed by atoms with Gasteiger partial charge in [-0.05, 0) is 43.2 Å². The van der Waals surface area contributed by atoms with Gasteiger partial charge < -0.3 is 15.7 Å². The summed E-state index contributed by atoms with van der Waals surface area (Å²) in [7, 11) is 1.69. The van der Waals surface area contributed by atoms with E-state index in [0.717, 1.165) is 6.07 Å². The molecule has 168 valence electrons. The average molecular weight is 437 g/mol. The van der Waals surface area contributed by atoms with Crippen molar-refractivity contribution < 1.29 is 23.1 Å². The largest absolute Gasteiger partial charge is 0.507 e. The number of aryl methyl sites for hydroxylation is 1. The van der Waals surface area contributed by atoms with Gasteiger partial charge in [0.25, 0.3) is 0 Å². The number of hydrogen-bond donors (Lipinski definition) is 2. The molecule has 3 N–H and O–H groups in total. The van der Waals surface area contributed by atoms with Gasteiger partial charge in [0.2, 0.25) is 5.91 Å². The quantitative estimate of drug-likeness (QED) is 0.652. The van der Waals surface area contributed by atoms with E-state index in [-0.39, 0.29) is 40.3 Å². The summed E-state index contributed by atoms with van der Waals surface area (Å²) in [4.78, 5) is 17.4. The van der Waals surface area contributed by atoms with Crippen molar-refractivity contribution in [2.45, 2.75) is 45.8 Å². The smallest absolute Gasteiger partial charge is 0.416 e. The summed E-state index contributed by atoms with van der Waals surface area (Å²) >= 11 is 0. The molecule has 0 radical (unpaired) electrons. The maximum Gasteiger partial charge on any atom is 0.416 e. The molecule has 31 heavy (non-hydrogen) atoms. The number of anilines is 1. The number of benzene rings is 1. The molecule has 0 saturated carbocycles. The van der Waals surface area contributed by atoms with E-state index in [1.807, 2.05) is 13.8 Å². The maximum atomic E-state index is 12.9. The molecule has 1 aliphatic rings. The van der Waals surface area contributed by atoms with Crippen LogP contribution in [0.5, 0.6) is 5.75 Å². The number of phenols is 1. The SMILES string of the molecule is CC.Cc1cc(C(F)(F)F)cc(O)c1-c1ccc(N)c(N=NC2CCC(=O)N(C)C2)n1. The van der Waals surface area contributed by atoms with Crippen LogP contribution in [-0.2, 0) is 11.0 Å². The Morgan fingerprint density at radius 3 is 2.52 bits per heavy atom. The highest BCUT2D eigenvalue weighted by molar-refractivity contribution is 5.77. The van der Waals surface area contributed by atoms with Gasteiger partial charge in [-0.15, -0.1) is 5.11 Å². The first-order valence-electron chi connectivity index (χ1n) is 9.88. The van der Waals surface area contributed by atoms with E-state index in [2.05, 4.69) is 15.2 Å². The lowest BCUT2D eigenvalue weighted by Gasteiger charge is -2.26. The predicted molar refractivity (Wildman–Crippen MR) is 112 cm³/mol. The zero-order valence-electron chi connectivity index (χ0n) is 17.9. The summed E-state index contributed by atoms with van der Waals surface area (Å²) in [6, 6.07) is 4.42. The average Bonchev–Trinajstić information content (AvgIpc) is 2.71. The van der Waals surface area contributed by atoms with Crippen molar-refractivity contribution in [3.63, 3.8) is 0 Å². The normalized spacial score (nSPS) is 16.9. The van der Waals surface area contributed by atoms with Crippen LogP contribution in [0.25, 0.3) is 11.3 Å². The third kappa shape index (κ3) is 5.71. The van der Waals surface area contributed by atoms with Gasteiger partial charge in [0.15, 0.2) is 5.82 Å². The third-order valence-electron chi connectivity index (χ3n) is 4.72. The molecule has 1 aliphatic heterocycles. The first-order valence-corrected chi connectivity index (χ1v) is 9.88. The summed E-state index contributed by atoms with van der Waals surface area (Å²) < 4.78 is 38.8. The summed E-state index contributed by atoms with van der Waals surface area (Å²) in [6.45, 7) is 5.89. The minimum Gasteiger partial charge on any atom is -0.507 e. The second kappa shape index (κ2) is 9.76. The topological polar surface area (TPSA) is 104 Å². The van der Waals surface area contributed by atoms with Crippen molar-refractivity contribution in [1.82, 2.24) is 9.88 Å². The second-order valence-electron chi connectivity index (χ2n) is 6.98. The molecule has 3 rings (SSSR count). The highest BCUT2D eigenvalue weighted by Gasteiger charge is 2.32. The molecule has 2 heterocycles. The molecule has 0 spiro atoms. The van der Waals surface area contributed by atoms with E-state index in [1.165, 1.54) is 19.1 Å². The molecule has 1 atom stereocenters. The number of pyridine rings is 1. The number of nitrogens with two attached hydrogens (primary N) is 1. The van der Waals surface area contributed by atoms with Crippen molar-refractivity contribution in [3.05, 3.63) is 35.4 Å². The van der Waals surface area contributed by atoms with Crippen LogP contribution in [0, 0.1) is 6.92 Å². The monoisotopic (exact) mass is 437 g/mol. The van der Waals surface area contributed by atoms with E-state index < -0.39 is 17.5 Å². The molecule has 10 heteroatoms. The summed E-state index contributed by atoms with van der Waals surface area (Å²) in [6.07, 6.45) is -3.63. The number of rotatable bonds is 3. The van der Waals surface area contributed by atoms with Crippen LogP contribution < -0.4 is 5.73 Å². The fraction of sp³-hybridized carbons (Fsp3) is 0.429. The number of amides is 1. The van der Waals surface area contributed by atoms with Gasteiger partial charge in [0, 0.05) is 25.6 Å². The Morgan fingerprint density at radius 2 is 1.94 bits per heavy atom. The zero-order valence-corrected chi connectivity index (χ0v) is 17.9. The molecule has 1 amide bonds. The lowest BCUT2D eigenvalue weighted by molar-refractivity contribution is -0.137. The fourth-order valence-corrected chi connectivity index (χ4v) is 3.16. The highest BCUT2D eigenvalue weighted by atomic mass is 19.4. The van der Waals surface area contributed by atoms with Crippen molar-refractivity contribution >= 4 is 17.4 Å². The number of likely N-dealkylation sites (N-methyl/N-ethyl adjacent to an activating group) is 1. The standard InChI is InChI=1S/C19H20F3N5O2.C2H6/c1-10-7-11(19(20,21)22)8-15(28)17(10)14-5-4-13(23)18(24-14)26-25-12-3-6-16(29)27(2)9-12;1-2/h4-5,7-8,12,28H,3,6,9,23H2,1-2H3;1-2H3. The molecule has 1 unspecified atom stereocenters. The van der Waals surface area contributed by atoms with Crippen LogP contribution in [-0.4, -0.2) is 40.5 Å². The van der Waals surface area contributed by atoms with Gasteiger partial charge in [-0.3, -0.25) is 4.79 Å². The molecule has 0 aliphatic carbocycles. The molecular formula is C21H26F3N5O2. The van der Waals surface area contributed by atoms with Crippen molar-refractivity contribution in [2.24, 2.45) is 10.2 Å². The van der Waals surface area contributed by atoms with Crippen molar-refractivity contribution in [1.29, 1.82) is 0 Å². The van der Waals surface area contributed by atoms with Gasteiger partial charge in [-0.25, -0.2) is 4.98 Å². The van der Waals surface area contributed by atoms with Crippen LogP contribution in [0.3, 0.4) is 0 Å². The van der Waals surface area contributed by atoms with E-state index in [4.69, 9.17) is 5.73 Å². The number of phenolic OH excluding ortho intramolecular Hbond substituents is 1. The minimum absolute atomic E-state index is 0.0457. The van der Waals surface area contributed by atoms with Crippen LogP contribution in [0.1, 0.15) is 37.8 Å². The van der Waals surface area contributed by atoms with Crippen molar-refractivity contribution in [3.8, 4) is 17.0 Å². The molecule has 1 fully saturated rings. The first kappa shape index (κ1) is 24.1. The number of piperidine rings is 1. The molecule has 0 bridgehead atoms. The number of nitrogens with zero attached hydrogens (tertiary/aromatic N) is 4. The van der Waals surface area contributed by atoms with E-state index in [0.29, 0.717) is 25.5 Å². The summed E-state index contributed by atoms with van der Waals surface area (Å²) in [5.41, 5.74) is 5.80. The zero-order chi connectivity index (χ0) is 23.3. The van der Waals surface area contributed by atoms with Gasteiger partial charge in [0.1, 0.15) is 5.75 Å². The Kier molecular flexibility index (Phi) is 7.59. The number of hydrogen-bond acceptors (Lipinski definition) is 6. The Hall–Kier alpha value is -3.17. The molecular weight excluding hydrogens is 411 g/mol. The number of carbonyl (C=O) groups is 1. The number of aromatic hydroxyl groups is 1. The second-order valence-corrected chi connectivity index (χ2v) is 6.98. The lowest BCUT2D eigenvalue weighted by atomic mass is 10.00. The Labute approximate surface area is 178 Å². The molecule has 2 aromatic rings. The molecule has 1 saturated heterocycles. The third-order valence-corrected chi connectivity index (χ3v) is 4.72. The van der Waals surface area contributed by atoms with Crippen molar-refractivity contribution in [2.75, 3.05) is 19.3 Å². The number of likely N-dealkylation sites (tertiary alicyclic amines) is 1. The maximum absolute atomic E-state index is 12.9. The molecule has 7 nitrogen and oxygen atoms in total. The first-order chi connectivity index (χ1) is 14.6. The number of halogens is 3. The van der Waals surface area contributed by atoms with Crippen LogP contribution in [0.15, 0.2) is 34.5 Å². The Morgan fingerprint density at radius 1 is 1.26 bits per heavy atom. The van der Waals surface area contributed by atoms with E-state index >= 15 is 0 Å². The summed E-state index contributed by atoms with van der Waals surface area (Å²) in [5.74, 6) is -0.394. The van der Waals surface area contributed by atoms with Crippen LogP contribution in [0.4, 0.5) is 24.7 Å². The summed E-state index contributed by atoms with van der Waals surface area (Å²) in [5, 5.41) is 18.5. The van der Waals surface area contributed by atoms with Gasteiger partial charge in [-0.1, -0.05) is 13.8 Å². The number of nitrogen functional groups attached to an aromatic ring is 1. The van der Waals surface area contributed by atoms with Gasteiger partial charge >= 0.3 is 6.18 Å². The Balaban J connectivity index is 0.00000166. The fourth-order valence-electron chi connectivity index (χ4n) is 3.16. The molecule has 1 aromatic heterocycles. The minimum atomic E-state index is -4.57. The number of carbonyl (C=O) groups excluding carboxylic acids is 1. The Bertz CT molecular complexity index is 953. The van der Waals surface area contributed by atoms with Crippen LogP contribution >= 0.6 is 0 Å². The molecule has 1 aromatic carbocycles. The lowest BCUT2D eigenvalue weighted by Crippen LogP contribution is -2.38. The van der Waals surface area contributed by atoms with E-state index in [9.17, 15) is 23.1 Å². The number of aromatic nitrogens is 1. The van der Waals surface area contributed by atoms with Crippen LogP contribution in [0.2, 0.25) is 0 Å². The van der Waals surface area contributed by atoms with Gasteiger partial charge in [0.05, 0.1) is 23.0 Å². The number of azo groups is 1. The van der Waals surface area contributed by atoms with E-state index in [1.54, 1.807) is 11.9 Å².